The summed E-state index contributed by atoms with van der Waals surface area (Å²) in [6.07, 6.45) is -1.28. The van der Waals surface area contributed by atoms with Gasteiger partial charge in [-0.3, -0.25) is 4.79 Å². The molecule has 0 spiro atoms. The van der Waals surface area contributed by atoms with Crippen LogP contribution in [-0.2, 0) is 6.18 Å². The molecule has 1 aliphatic rings. The molecule has 12 heteroatoms. The Bertz CT molecular complexity index is 778. The van der Waals surface area contributed by atoms with Crippen molar-refractivity contribution in [3.05, 3.63) is 40.8 Å². The molecule has 27 heavy (non-hydrogen) atoms. The number of amides is 1. The van der Waals surface area contributed by atoms with Crippen molar-refractivity contribution in [3.8, 4) is 5.82 Å². The van der Waals surface area contributed by atoms with Gasteiger partial charge in [-0.1, -0.05) is 11.6 Å². The van der Waals surface area contributed by atoms with Crippen LogP contribution in [0.25, 0.3) is 5.82 Å². The van der Waals surface area contributed by atoms with Crippen LogP contribution < -0.4 is 10.6 Å². The Morgan fingerprint density at radius 1 is 1.30 bits per heavy atom. The lowest BCUT2D eigenvalue weighted by molar-refractivity contribution is -0.143. The molecule has 2 aromatic rings. The van der Waals surface area contributed by atoms with Crippen molar-refractivity contribution in [1.29, 1.82) is 0 Å². The van der Waals surface area contributed by atoms with Crippen LogP contribution in [0.5, 0.6) is 0 Å². The Labute approximate surface area is 170 Å². The number of hydrogen-bond acceptors (Lipinski definition) is 4. The number of nitrogens with zero attached hydrogens (tertiary/aromatic N) is 3. The van der Waals surface area contributed by atoms with E-state index < -0.39 is 23.3 Å². The smallest absolute Gasteiger partial charge is 0.349 e. The van der Waals surface area contributed by atoms with E-state index in [0.29, 0.717) is 30.6 Å². The molecule has 2 aromatic heterocycles. The zero-order valence-corrected chi connectivity index (χ0v) is 16.2. The number of hydrogen-bond donors (Lipinski definition) is 2. The highest BCUT2D eigenvalue weighted by Gasteiger charge is 2.41. The van der Waals surface area contributed by atoms with Crippen LogP contribution in [0.4, 0.5) is 13.2 Å². The molecular formula is C15H17Cl3F3N5O. The lowest BCUT2D eigenvalue weighted by Crippen LogP contribution is -2.43. The van der Waals surface area contributed by atoms with Crippen LogP contribution in [-0.4, -0.2) is 39.8 Å². The highest BCUT2D eigenvalue weighted by molar-refractivity contribution is 6.32. The third kappa shape index (κ3) is 5.25. The fourth-order valence-corrected chi connectivity index (χ4v) is 2.91. The molecule has 3 heterocycles. The number of nitrogens with one attached hydrogen (secondary N) is 2. The molecule has 6 nitrogen and oxygen atoms in total. The van der Waals surface area contributed by atoms with Crippen molar-refractivity contribution < 1.29 is 18.0 Å². The van der Waals surface area contributed by atoms with Crippen LogP contribution in [0, 0.1) is 0 Å². The zero-order valence-electron chi connectivity index (χ0n) is 13.8. The molecule has 0 aromatic carbocycles. The van der Waals surface area contributed by atoms with Gasteiger partial charge in [-0.15, -0.1) is 24.8 Å². The van der Waals surface area contributed by atoms with Gasteiger partial charge in [0, 0.05) is 12.2 Å². The van der Waals surface area contributed by atoms with Crippen LogP contribution in [0.1, 0.15) is 28.9 Å². The predicted octanol–water partition coefficient (Wildman–Crippen LogP) is 3.26. The number of rotatable bonds is 3. The number of carbonyl (C=O) groups is 1. The number of halogens is 6. The Morgan fingerprint density at radius 2 is 1.96 bits per heavy atom. The van der Waals surface area contributed by atoms with Gasteiger partial charge in [0.1, 0.15) is 0 Å². The van der Waals surface area contributed by atoms with Gasteiger partial charge in [0.15, 0.2) is 11.5 Å². The Morgan fingerprint density at radius 3 is 2.56 bits per heavy atom. The summed E-state index contributed by atoms with van der Waals surface area (Å²) in [6.45, 7) is 1.42. The van der Waals surface area contributed by atoms with Crippen molar-refractivity contribution in [2.24, 2.45) is 0 Å². The van der Waals surface area contributed by atoms with E-state index in [-0.39, 0.29) is 41.7 Å². The van der Waals surface area contributed by atoms with Crippen molar-refractivity contribution in [1.82, 2.24) is 25.4 Å². The minimum Gasteiger partial charge on any atom is -0.349 e. The van der Waals surface area contributed by atoms with Crippen molar-refractivity contribution in [2.75, 3.05) is 13.1 Å². The number of aromatic nitrogens is 3. The van der Waals surface area contributed by atoms with Crippen LogP contribution >= 0.6 is 36.4 Å². The van der Waals surface area contributed by atoms with E-state index >= 15 is 0 Å². The highest BCUT2D eigenvalue weighted by atomic mass is 35.5. The third-order valence-corrected chi connectivity index (χ3v) is 4.19. The maximum absolute atomic E-state index is 13.6. The first-order chi connectivity index (χ1) is 11.9. The molecule has 0 atom stereocenters. The summed E-state index contributed by atoms with van der Waals surface area (Å²) in [4.78, 5) is 16.2. The van der Waals surface area contributed by atoms with Crippen molar-refractivity contribution in [3.63, 3.8) is 0 Å². The van der Waals surface area contributed by atoms with E-state index in [4.69, 9.17) is 11.6 Å². The van der Waals surface area contributed by atoms with E-state index in [1.54, 1.807) is 0 Å². The van der Waals surface area contributed by atoms with Crippen molar-refractivity contribution >= 4 is 42.3 Å². The minimum absolute atomic E-state index is 0. The predicted molar refractivity (Wildman–Crippen MR) is 99.2 cm³/mol. The number of piperidine rings is 1. The molecule has 0 saturated carbocycles. The SMILES string of the molecule is Cl.Cl.O=C(NC1CCNCC1)c1cnn(-c2ncccc2Cl)c1C(F)(F)F. The van der Waals surface area contributed by atoms with Gasteiger partial charge in [0.25, 0.3) is 5.91 Å². The molecule has 150 valence electrons. The number of alkyl halides is 3. The lowest BCUT2D eigenvalue weighted by Gasteiger charge is -2.23. The zero-order chi connectivity index (χ0) is 18.0. The van der Waals surface area contributed by atoms with E-state index in [0.717, 1.165) is 6.20 Å². The maximum atomic E-state index is 13.6. The summed E-state index contributed by atoms with van der Waals surface area (Å²) in [5.41, 5.74) is -1.74. The molecular weight excluding hydrogens is 430 g/mol. The van der Waals surface area contributed by atoms with Crippen LogP contribution in [0.15, 0.2) is 24.5 Å². The van der Waals surface area contributed by atoms with Gasteiger partial charge < -0.3 is 10.6 Å². The van der Waals surface area contributed by atoms with Gasteiger partial charge in [0.2, 0.25) is 0 Å². The van der Waals surface area contributed by atoms with Gasteiger partial charge in [0.05, 0.1) is 16.8 Å². The molecule has 2 N–H and O–H groups in total. The average Bonchev–Trinajstić information content (AvgIpc) is 3.01. The largest absolute Gasteiger partial charge is 0.434 e. The molecule has 1 amide bonds. The molecule has 0 unspecified atom stereocenters. The first kappa shape index (κ1) is 23.5. The number of pyridine rings is 1. The monoisotopic (exact) mass is 445 g/mol. The van der Waals surface area contributed by atoms with E-state index in [2.05, 4.69) is 20.7 Å². The molecule has 1 fully saturated rings. The lowest BCUT2D eigenvalue weighted by atomic mass is 10.1. The molecule has 0 radical (unpaired) electrons. The van der Waals surface area contributed by atoms with Crippen molar-refractivity contribution in [2.45, 2.75) is 25.1 Å². The molecule has 1 saturated heterocycles. The second-order valence-electron chi connectivity index (χ2n) is 5.62. The highest BCUT2D eigenvalue weighted by Crippen LogP contribution is 2.34. The standard InChI is InChI=1S/C15H15ClF3N5O.2ClH/c16-11-2-1-5-21-13(11)24-12(15(17,18)19)10(8-22-24)14(25)23-9-3-6-20-7-4-9;;/h1-2,5,8-9,20H,3-4,6-7H2,(H,23,25);2*1H. The number of carbonyl (C=O) groups excluding carboxylic acids is 1. The Kier molecular flexibility index (Phi) is 8.34. The van der Waals surface area contributed by atoms with Gasteiger partial charge in [-0.2, -0.15) is 18.3 Å². The molecule has 3 rings (SSSR count). The fourth-order valence-electron chi connectivity index (χ4n) is 2.71. The summed E-state index contributed by atoms with van der Waals surface area (Å²) >= 11 is 5.93. The third-order valence-electron chi connectivity index (χ3n) is 3.90. The normalized spacial score (nSPS) is 14.8. The summed E-state index contributed by atoms with van der Waals surface area (Å²) in [5.74, 6) is -0.991. The quantitative estimate of drug-likeness (QED) is 0.759. The van der Waals surface area contributed by atoms with Crippen LogP contribution in [0.2, 0.25) is 5.02 Å². The second-order valence-corrected chi connectivity index (χ2v) is 6.03. The molecule has 0 aliphatic carbocycles. The van der Waals surface area contributed by atoms with Gasteiger partial charge >= 0.3 is 6.18 Å². The Hall–Kier alpha value is -1.55. The summed E-state index contributed by atoms with van der Waals surface area (Å²) in [7, 11) is 0. The van der Waals surface area contributed by atoms with Gasteiger partial charge in [-0.25, -0.2) is 9.67 Å². The second kappa shape index (κ2) is 9.59. The summed E-state index contributed by atoms with van der Waals surface area (Å²) in [5, 5.41) is 9.47. The maximum Gasteiger partial charge on any atom is 0.434 e. The molecule has 1 aliphatic heterocycles. The van der Waals surface area contributed by atoms with Crippen LogP contribution in [0.3, 0.4) is 0 Å². The summed E-state index contributed by atoms with van der Waals surface area (Å²) in [6, 6.07) is 2.73. The fraction of sp³-hybridized carbons (Fsp3) is 0.400. The minimum atomic E-state index is -4.79. The van der Waals surface area contributed by atoms with E-state index in [9.17, 15) is 18.0 Å². The topological polar surface area (TPSA) is 71.8 Å². The Balaban J connectivity index is 0.00000182. The summed E-state index contributed by atoms with van der Waals surface area (Å²) < 4.78 is 41.3. The average molecular weight is 447 g/mol. The first-order valence-corrected chi connectivity index (χ1v) is 8.03. The van der Waals surface area contributed by atoms with E-state index in [1.165, 1.54) is 18.3 Å². The first-order valence-electron chi connectivity index (χ1n) is 7.65. The van der Waals surface area contributed by atoms with E-state index in [1.807, 2.05) is 0 Å². The molecule has 0 bridgehead atoms. The van der Waals surface area contributed by atoms with Gasteiger partial charge in [-0.05, 0) is 38.1 Å².